The van der Waals surface area contributed by atoms with Crippen LogP contribution in [0.15, 0.2) is 0 Å². The standard InChI is InChI=1S/C13H24N2O4/c1-12(2,3)18-10(16)14-8-7-9-15(14)11(17)19-13(4,5)6/h7-9H2,1-6H3. The number of hydrazine groups is 1. The minimum absolute atomic E-state index is 0.466. The SMILES string of the molecule is CC(C)(C)OC(=O)N1CCCN1C(=O)OC(C)(C)C. The number of carbonyl (C=O) groups is 2. The molecule has 110 valence electrons. The zero-order chi connectivity index (χ0) is 14.8. The van der Waals surface area contributed by atoms with Crippen molar-refractivity contribution < 1.29 is 19.1 Å². The van der Waals surface area contributed by atoms with E-state index in [2.05, 4.69) is 0 Å². The van der Waals surface area contributed by atoms with Crippen LogP contribution < -0.4 is 0 Å². The molecule has 2 amide bonds. The van der Waals surface area contributed by atoms with E-state index >= 15 is 0 Å². The smallest absolute Gasteiger partial charge is 0.429 e. The van der Waals surface area contributed by atoms with Gasteiger partial charge in [0.1, 0.15) is 11.2 Å². The zero-order valence-corrected chi connectivity index (χ0v) is 12.6. The van der Waals surface area contributed by atoms with Gasteiger partial charge in [-0.15, -0.1) is 0 Å². The first-order valence-corrected chi connectivity index (χ1v) is 6.50. The third-order valence-corrected chi connectivity index (χ3v) is 2.24. The molecule has 0 aromatic heterocycles. The van der Waals surface area contributed by atoms with Crippen LogP contribution in [0.4, 0.5) is 9.59 Å². The van der Waals surface area contributed by atoms with Crippen molar-refractivity contribution in [1.29, 1.82) is 0 Å². The Morgan fingerprint density at radius 1 is 0.789 bits per heavy atom. The summed E-state index contributed by atoms with van der Waals surface area (Å²) in [5.41, 5.74) is -1.17. The van der Waals surface area contributed by atoms with E-state index in [0.29, 0.717) is 13.1 Å². The molecular formula is C13H24N2O4. The number of hydrogen-bond acceptors (Lipinski definition) is 4. The molecule has 0 atom stereocenters. The molecule has 1 aliphatic rings. The Kier molecular flexibility index (Phi) is 4.32. The van der Waals surface area contributed by atoms with Gasteiger partial charge < -0.3 is 9.47 Å². The van der Waals surface area contributed by atoms with Crippen LogP contribution in [0.2, 0.25) is 0 Å². The summed E-state index contributed by atoms with van der Waals surface area (Å²) in [6.45, 7) is 11.7. The summed E-state index contributed by atoms with van der Waals surface area (Å²) in [7, 11) is 0. The number of hydrogen-bond donors (Lipinski definition) is 0. The van der Waals surface area contributed by atoms with Crippen molar-refractivity contribution in [3.63, 3.8) is 0 Å². The van der Waals surface area contributed by atoms with E-state index in [9.17, 15) is 9.59 Å². The first kappa shape index (κ1) is 15.6. The molecule has 0 aromatic carbocycles. The van der Waals surface area contributed by atoms with Crippen LogP contribution >= 0.6 is 0 Å². The van der Waals surface area contributed by atoms with Gasteiger partial charge in [0, 0.05) is 13.1 Å². The van der Waals surface area contributed by atoms with Gasteiger partial charge in [-0.2, -0.15) is 0 Å². The fraction of sp³-hybridized carbons (Fsp3) is 0.846. The third kappa shape index (κ3) is 4.96. The van der Waals surface area contributed by atoms with E-state index in [1.54, 1.807) is 41.5 Å². The normalized spacial score (nSPS) is 16.5. The number of ether oxygens (including phenoxy) is 2. The second-order valence-electron chi connectivity index (χ2n) is 6.56. The summed E-state index contributed by atoms with van der Waals surface area (Å²) >= 11 is 0. The average molecular weight is 272 g/mol. The summed E-state index contributed by atoms with van der Waals surface area (Å²) in [6.07, 6.45) is -0.315. The van der Waals surface area contributed by atoms with Gasteiger partial charge in [-0.1, -0.05) is 0 Å². The molecular weight excluding hydrogens is 248 g/mol. The predicted octanol–water partition coefficient (Wildman–Crippen LogP) is 2.78. The summed E-state index contributed by atoms with van der Waals surface area (Å²) < 4.78 is 10.5. The van der Waals surface area contributed by atoms with Crippen LogP contribution in [0, 0.1) is 0 Å². The van der Waals surface area contributed by atoms with E-state index in [0.717, 1.165) is 6.42 Å². The molecule has 1 fully saturated rings. The van der Waals surface area contributed by atoms with Crippen molar-refractivity contribution in [3.8, 4) is 0 Å². The van der Waals surface area contributed by atoms with Gasteiger partial charge in [0.15, 0.2) is 0 Å². The third-order valence-electron chi connectivity index (χ3n) is 2.24. The van der Waals surface area contributed by atoms with Crippen molar-refractivity contribution in [2.75, 3.05) is 13.1 Å². The minimum Gasteiger partial charge on any atom is -0.442 e. The van der Waals surface area contributed by atoms with Crippen molar-refractivity contribution >= 4 is 12.2 Å². The second kappa shape index (κ2) is 5.27. The number of nitrogens with zero attached hydrogens (tertiary/aromatic N) is 2. The highest BCUT2D eigenvalue weighted by molar-refractivity contribution is 5.75. The number of rotatable bonds is 0. The molecule has 1 rings (SSSR count). The molecule has 0 aromatic rings. The first-order valence-electron chi connectivity index (χ1n) is 6.50. The quantitative estimate of drug-likeness (QED) is 0.680. The van der Waals surface area contributed by atoms with Crippen LogP contribution in [0.25, 0.3) is 0 Å². The maximum absolute atomic E-state index is 12.0. The van der Waals surface area contributed by atoms with E-state index < -0.39 is 23.4 Å². The summed E-state index contributed by atoms with van der Waals surface area (Å²) in [5.74, 6) is 0. The maximum atomic E-state index is 12.0. The van der Waals surface area contributed by atoms with Gasteiger partial charge in [0.25, 0.3) is 0 Å². The van der Waals surface area contributed by atoms with Crippen molar-refractivity contribution in [2.45, 2.75) is 59.2 Å². The molecule has 0 bridgehead atoms. The fourth-order valence-corrected chi connectivity index (χ4v) is 1.62. The Morgan fingerprint density at radius 2 is 1.11 bits per heavy atom. The first-order chi connectivity index (χ1) is 8.49. The summed E-state index contributed by atoms with van der Waals surface area (Å²) in [5, 5.41) is 2.61. The molecule has 6 heteroatoms. The minimum atomic E-state index is -0.584. The average Bonchev–Trinajstić information content (AvgIpc) is 2.59. The van der Waals surface area contributed by atoms with E-state index in [1.807, 2.05) is 0 Å². The van der Waals surface area contributed by atoms with Crippen LogP contribution in [0.3, 0.4) is 0 Å². The molecule has 0 radical (unpaired) electrons. The maximum Gasteiger partial charge on any atom is 0.429 e. The molecule has 0 saturated carbocycles. The lowest BCUT2D eigenvalue weighted by atomic mass is 10.2. The van der Waals surface area contributed by atoms with E-state index in [-0.39, 0.29) is 0 Å². The van der Waals surface area contributed by atoms with Crippen LogP contribution in [0.1, 0.15) is 48.0 Å². The van der Waals surface area contributed by atoms with Crippen molar-refractivity contribution in [2.24, 2.45) is 0 Å². The fourth-order valence-electron chi connectivity index (χ4n) is 1.62. The van der Waals surface area contributed by atoms with Crippen LogP contribution in [-0.4, -0.2) is 46.5 Å². The van der Waals surface area contributed by atoms with Crippen molar-refractivity contribution in [3.05, 3.63) is 0 Å². The summed E-state index contributed by atoms with van der Waals surface area (Å²) in [4.78, 5) is 24.0. The molecule has 1 saturated heterocycles. The second-order valence-corrected chi connectivity index (χ2v) is 6.56. The Hall–Kier alpha value is -1.46. The monoisotopic (exact) mass is 272 g/mol. The van der Waals surface area contributed by atoms with Crippen LogP contribution in [0.5, 0.6) is 0 Å². The lowest BCUT2D eigenvalue weighted by Crippen LogP contribution is -2.48. The summed E-state index contributed by atoms with van der Waals surface area (Å²) in [6, 6.07) is 0. The molecule has 0 aliphatic carbocycles. The van der Waals surface area contributed by atoms with Crippen LogP contribution in [-0.2, 0) is 9.47 Å². The largest absolute Gasteiger partial charge is 0.442 e. The van der Waals surface area contributed by atoms with Gasteiger partial charge in [0.05, 0.1) is 0 Å². The van der Waals surface area contributed by atoms with E-state index in [1.165, 1.54) is 10.0 Å². The molecule has 0 spiro atoms. The Bertz CT molecular complexity index is 321. The highest BCUT2D eigenvalue weighted by Crippen LogP contribution is 2.19. The molecule has 6 nitrogen and oxygen atoms in total. The number of amides is 2. The Morgan fingerprint density at radius 3 is 1.37 bits per heavy atom. The van der Waals surface area contributed by atoms with Gasteiger partial charge in [0.2, 0.25) is 0 Å². The highest BCUT2D eigenvalue weighted by Gasteiger charge is 2.36. The van der Waals surface area contributed by atoms with Gasteiger partial charge in [-0.05, 0) is 48.0 Å². The zero-order valence-electron chi connectivity index (χ0n) is 12.6. The number of carbonyl (C=O) groups excluding carboxylic acids is 2. The van der Waals surface area contributed by atoms with Gasteiger partial charge in [-0.25, -0.2) is 19.6 Å². The van der Waals surface area contributed by atoms with Crippen molar-refractivity contribution in [1.82, 2.24) is 10.0 Å². The molecule has 1 aliphatic heterocycles. The lowest BCUT2D eigenvalue weighted by molar-refractivity contribution is -0.0428. The molecule has 0 N–H and O–H groups in total. The Balaban J connectivity index is 2.69. The molecule has 19 heavy (non-hydrogen) atoms. The molecule has 1 heterocycles. The van der Waals surface area contributed by atoms with Gasteiger partial charge >= 0.3 is 12.2 Å². The lowest BCUT2D eigenvalue weighted by Gasteiger charge is -2.31. The van der Waals surface area contributed by atoms with E-state index in [4.69, 9.17) is 9.47 Å². The molecule has 0 unspecified atom stereocenters. The highest BCUT2D eigenvalue weighted by atomic mass is 16.6. The topological polar surface area (TPSA) is 59.1 Å². The Labute approximate surface area is 114 Å². The van der Waals surface area contributed by atoms with Gasteiger partial charge in [-0.3, -0.25) is 0 Å². The predicted molar refractivity (Wildman–Crippen MR) is 70.5 cm³/mol.